The Labute approximate surface area is 161 Å². The van der Waals surface area contributed by atoms with E-state index in [1.807, 2.05) is 0 Å². The van der Waals surface area contributed by atoms with Gasteiger partial charge in [-0.15, -0.1) is 11.3 Å². The maximum Gasteiger partial charge on any atom is 0.416 e. The summed E-state index contributed by atoms with van der Waals surface area (Å²) in [5.74, 6) is -0.113. The Kier molecular flexibility index (Phi) is 6.86. The minimum atomic E-state index is -4.34. The van der Waals surface area contributed by atoms with Crippen LogP contribution in [0.2, 0.25) is 0 Å². The second-order valence-corrected chi connectivity index (χ2v) is 10.4. The first-order chi connectivity index (χ1) is 12.5. The van der Waals surface area contributed by atoms with Crippen LogP contribution >= 0.6 is 11.3 Å². The number of hydrogen-bond acceptors (Lipinski definition) is 4. The minimum absolute atomic E-state index is 0.113. The van der Waals surface area contributed by atoms with Gasteiger partial charge in [0.05, 0.1) is 15.7 Å². The maximum absolute atomic E-state index is 12.5. The average molecular weight is 419 g/mol. The third-order valence-electron chi connectivity index (χ3n) is 4.16. The van der Waals surface area contributed by atoms with Crippen molar-refractivity contribution in [2.75, 3.05) is 0 Å². The molecule has 0 aliphatic carbocycles. The summed E-state index contributed by atoms with van der Waals surface area (Å²) in [4.78, 5) is 12.6. The first kappa shape index (κ1) is 21.6. The number of carbonyl (C=O) groups excluding carboxylic acids is 1. The molecule has 0 spiro atoms. The molecule has 2 aromatic rings. The topological polar surface area (TPSA) is 51.2 Å². The first-order valence-electron chi connectivity index (χ1n) is 8.55. The lowest BCUT2D eigenvalue weighted by molar-refractivity contribution is -0.137. The molecule has 0 aliphatic rings. The van der Waals surface area contributed by atoms with Crippen LogP contribution in [0.4, 0.5) is 13.2 Å². The molecule has 0 fully saturated rings. The summed E-state index contributed by atoms with van der Waals surface area (Å²) in [5, 5.41) is -0.539. The number of rotatable bonds is 8. The smallest absolute Gasteiger partial charge is 0.293 e. The van der Waals surface area contributed by atoms with Crippen molar-refractivity contribution in [2.24, 2.45) is 0 Å². The van der Waals surface area contributed by atoms with Gasteiger partial charge in [0.2, 0.25) is 0 Å². The number of hydrogen-bond donors (Lipinski definition) is 0. The Morgan fingerprint density at radius 1 is 1.04 bits per heavy atom. The molecule has 0 N–H and O–H groups in total. The van der Waals surface area contributed by atoms with Gasteiger partial charge in [-0.2, -0.15) is 13.2 Å². The van der Waals surface area contributed by atoms with Crippen LogP contribution in [0.3, 0.4) is 0 Å². The third kappa shape index (κ3) is 5.65. The zero-order valence-electron chi connectivity index (χ0n) is 15.0. The van der Waals surface area contributed by atoms with Crippen molar-refractivity contribution in [3.05, 3.63) is 52.4 Å². The molecule has 1 aromatic heterocycles. The number of Topliss-reactive ketones (excluding diaryl/α,β-unsaturated/α-hetero) is 1. The lowest BCUT2D eigenvalue weighted by Crippen LogP contribution is -2.12. The van der Waals surface area contributed by atoms with E-state index in [4.69, 9.17) is 0 Å². The van der Waals surface area contributed by atoms with E-state index in [-0.39, 0.29) is 16.4 Å². The fraction of sp³-hybridized carbons (Fsp3) is 0.421. The molecule has 2 rings (SSSR count). The summed E-state index contributed by atoms with van der Waals surface area (Å²) in [6.07, 6.45) is -2.22. The van der Waals surface area contributed by atoms with E-state index in [2.05, 4.69) is 0 Å². The second kappa shape index (κ2) is 8.56. The Morgan fingerprint density at radius 3 is 2.22 bits per heavy atom. The molecule has 0 radical (unpaired) electrons. The molecular weight excluding hydrogens is 397 g/mol. The number of ketones is 1. The van der Waals surface area contributed by atoms with Gasteiger partial charge in [0.1, 0.15) is 4.21 Å². The van der Waals surface area contributed by atoms with Crippen molar-refractivity contribution in [3.63, 3.8) is 0 Å². The van der Waals surface area contributed by atoms with Gasteiger partial charge >= 0.3 is 6.18 Å². The maximum atomic E-state index is 12.5. The van der Waals surface area contributed by atoms with Crippen LogP contribution in [-0.2, 0) is 22.4 Å². The molecule has 0 bridgehead atoms. The lowest BCUT2D eigenvalue weighted by atomic mass is 10.0. The van der Waals surface area contributed by atoms with Gasteiger partial charge in [-0.3, -0.25) is 4.79 Å². The van der Waals surface area contributed by atoms with Crippen LogP contribution in [0.25, 0.3) is 0 Å². The molecule has 1 aromatic carbocycles. The van der Waals surface area contributed by atoms with E-state index in [0.29, 0.717) is 24.1 Å². The van der Waals surface area contributed by atoms with E-state index >= 15 is 0 Å². The number of sulfone groups is 1. The van der Waals surface area contributed by atoms with Gasteiger partial charge < -0.3 is 0 Å². The zero-order valence-corrected chi connectivity index (χ0v) is 16.7. The largest absolute Gasteiger partial charge is 0.416 e. The minimum Gasteiger partial charge on any atom is -0.293 e. The molecule has 27 heavy (non-hydrogen) atoms. The standard InChI is InChI=1S/C19H21F3O3S2/c1-13(2)27(24,25)18-12-11-17(26-18)16(23)6-4-3-5-14-7-9-15(10-8-14)19(20,21)22/h7-13H,3-6H2,1-2H3. The van der Waals surface area contributed by atoms with Gasteiger partial charge in [0.25, 0.3) is 0 Å². The summed E-state index contributed by atoms with van der Waals surface area (Å²) in [6.45, 7) is 3.19. The quantitative estimate of drug-likeness (QED) is 0.417. The molecule has 148 valence electrons. The predicted molar refractivity (Wildman–Crippen MR) is 100.0 cm³/mol. The van der Waals surface area contributed by atoms with Crippen molar-refractivity contribution in [2.45, 2.75) is 55.2 Å². The summed E-state index contributed by atoms with van der Waals surface area (Å²) in [7, 11) is -3.38. The Bertz CT molecular complexity index is 880. The van der Waals surface area contributed by atoms with Crippen LogP contribution in [0.15, 0.2) is 40.6 Å². The molecule has 8 heteroatoms. The number of thiophene rings is 1. The van der Waals surface area contributed by atoms with E-state index in [1.165, 1.54) is 24.3 Å². The fourth-order valence-electron chi connectivity index (χ4n) is 2.45. The van der Waals surface area contributed by atoms with Crippen LogP contribution in [0, 0.1) is 0 Å². The van der Waals surface area contributed by atoms with Gasteiger partial charge in [0.15, 0.2) is 15.6 Å². The lowest BCUT2D eigenvalue weighted by Gasteiger charge is -2.07. The van der Waals surface area contributed by atoms with E-state index in [9.17, 15) is 26.4 Å². The molecule has 0 amide bonds. The molecule has 0 atom stereocenters. The monoisotopic (exact) mass is 418 g/mol. The van der Waals surface area contributed by atoms with E-state index < -0.39 is 26.8 Å². The summed E-state index contributed by atoms with van der Waals surface area (Å²) in [5.41, 5.74) is 0.114. The number of alkyl halides is 3. The first-order valence-corrected chi connectivity index (χ1v) is 10.9. The Balaban J connectivity index is 1.84. The number of unbranched alkanes of at least 4 members (excludes halogenated alkanes) is 1. The highest BCUT2D eigenvalue weighted by Gasteiger charge is 2.29. The average Bonchev–Trinajstić information content (AvgIpc) is 3.09. The van der Waals surface area contributed by atoms with Crippen LogP contribution in [0.1, 0.15) is 53.9 Å². The number of benzene rings is 1. The highest BCUT2D eigenvalue weighted by atomic mass is 32.2. The van der Waals surface area contributed by atoms with Gasteiger partial charge in [-0.1, -0.05) is 12.1 Å². The van der Waals surface area contributed by atoms with Gasteiger partial charge in [-0.05, 0) is 62.9 Å². The van der Waals surface area contributed by atoms with Crippen molar-refractivity contribution in [3.8, 4) is 0 Å². The van der Waals surface area contributed by atoms with Crippen LogP contribution in [0.5, 0.6) is 0 Å². The Hall–Kier alpha value is -1.67. The molecule has 3 nitrogen and oxygen atoms in total. The number of carbonyl (C=O) groups is 1. The molecular formula is C19H21F3O3S2. The Morgan fingerprint density at radius 2 is 1.67 bits per heavy atom. The van der Waals surface area contributed by atoms with Gasteiger partial charge in [0, 0.05) is 6.42 Å². The number of aryl methyl sites for hydroxylation is 1. The zero-order chi connectivity index (χ0) is 20.2. The van der Waals surface area contributed by atoms with Crippen molar-refractivity contribution in [1.29, 1.82) is 0 Å². The third-order valence-corrected chi connectivity index (χ3v) is 7.96. The highest BCUT2D eigenvalue weighted by Crippen LogP contribution is 2.29. The molecule has 0 aliphatic heterocycles. The summed E-state index contributed by atoms with van der Waals surface area (Å²) in [6, 6.07) is 8.03. The highest BCUT2D eigenvalue weighted by molar-refractivity contribution is 7.94. The van der Waals surface area contributed by atoms with Crippen molar-refractivity contribution < 1.29 is 26.4 Å². The van der Waals surface area contributed by atoms with Crippen LogP contribution < -0.4 is 0 Å². The van der Waals surface area contributed by atoms with Crippen molar-refractivity contribution in [1.82, 2.24) is 0 Å². The van der Waals surface area contributed by atoms with Crippen LogP contribution in [-0.4, -0.2) is 19.5 Å². The summed E-state index contributed by atoms with van der Waals surface area (Å²) >= 11 is 0.991. The number of halogens is 3. The summed E-state index contributed by atoms with van der Waals surface area (Å²) < 4.78 is 62.0. The van der Waals surface area contributed by atoms with Crippen molar-refractivity contribution >= 4 is 27.0 Å². The van der Waals surface area contributed by atoms with E-state index in [0.717, 1.165) is 29.0 Å². The van der Waals surface area contributed by atoms with E-state index in [1.54, 1.807) is 13.8 Å². The molecule has 0 unspecified atom stereocenters. The predicted octanol–water partition coefficient (Wildman–Crippen LogP) is 5.54. The molecule has 0 saturated heterocycles. The van der Waals surface area contributed by atoms with Gasteiger partial charge in [-0.25, -0.2) is 8.42 Å². The second-order valence-electron chi connectivity index (χ2n) is 6.54. The SMILES string of the molecule is CC(C)S(=O)(=O)c1ccc(C(=O)CCCCc2ccc(C(F)(F)F)cc2)s1. The molecule has 1 heterocycles. The fourth-order valence-corrected chi connectivity index (χ4v) is 5.19. The molecule has 0 saturated carbocycles. The normalized spacial score (nSPS) is 12.5.